The second kappa shape index (κ2) is 2.85. The molecule has 0 spiro atoms. The molecule has 13 heavy (non-hydrogen) atoms. The minimum atomic E-state index is -3.25. The van der Waals surface area contributed by atoms with E-state index in [1.165, 1.54) is 0 Å². The number of rotatable bonds is 0. The van der Waals surface area contributed by atoms with Crippen LogP contribution in [0.1, 0.15) is 0 Å². The Morgan fingerprint density at radius 1 is 1.46 bits per heavy atom. The van der Waals surface area contributed by atoms with E-state index in [1.54, 1.807) is 23.3 Å². The molecule has 2 aliphatic rings. The highest BCUT2D eigenvalue weighted by Crippen LogP contribution is 2.17. The molecule has 0 amide bonds. The Hall–Kier alpha value is -0.810. The zero-order valence-corrected chi connectivity index (χ0v) is 8.22. The minimum absolute atomic E-state index is 0.0466. The third-order valence-corrected chi connectivity index (χ3v) is 3.18. The Labute approximate surface area is 81.3 Å². The highest BCUT2D eigenvalue weighted by Gasteiger charge is 2.22. The number of hydrogen-bond donors (Lipinski definition) is 0. The van der Waals surface area contributed by atoms with Crippen molar-refractivity contribution in [2.24, 2.45) is 4.40 Å². The molecule has 0 aromatic heterocycles. The quantitative estimate of drug-likeness (QED) is 0.601. The summed E-state index contributed by atoms with van der Waals surface area (Å²) in [5, 5.41) is 0.582. The van der Waals surface area contributed by atoms with Crippen LogP contribution in [0, 0.1) is 0 Å². The summed E-state index contributed by atoms with van der Waals surface area (Å²) in [7, 11) is -3.25. The van der Waals surface area contributed by atoms with Crippen LogP contribution in [-0.2, 0) is 10.0 Å². The van der Waals surface area contributed by atoms with Crippen molar-refractivity contribution in [3.63, 3.8) is 0 Å². The third-order valence-electron chi connectivity index (χ3n) is 1.79. The molecule has 0 saturated carbocycles. The highest BCUT2D eigenvalue weighted by molar-refractivity contribution is 7.90. The lowest BCUT2D eigenvalue weighted by Crippen LogP contribution is -2.36. The first-order valence-corrected chi connectivity index (χ1v) is 5.70. The van der Waals surface area contributed by atoms with Gasteiger partial charge in [-0.2, -0.15) is 0 Å². The van der Waals surface area contributed by atoms with Crippen LogP contribution in [0.2, 0.25) is 0 Å². The van der Waals surface area contributed by atoms with E-state index in [4.69, 9.17) is 11.6 Å². The molecule has 2 aliphatic heterocycles. The van der Waals surface area contributed by atoms with Gasteiger partial charge in [0.05, 0.1) is 10.8 Å². The number of amidine groups is 1. The van der Waals surface area contributed by atoms with Crippen LogP contribution < -0.4 is 0 Å². The lowest BCUT2D eigenvalue weighted by Gasteiger charge is -2.25. The summed E-state index contributed by atoms with van der Waals surface area (Å²) < 4.78 is 25.8. The van der Waals surface area contributed by atoms with Crippen LogP contribution in [-0.4, -0.2) is 31.5 Å². The van der Waals surface area contributed by atoms with Crippen molar-refractivity contribution in [2.75, 3.05) is 12.3 Å². The maximum absolute atomic E-state index is 11.1. The standard InChI is InChI=1S/C7H7ClN2O2S/c8-6-1-2-7-9-13(11,12)4-3-10(7)5-6/h1-2,5H,3-4H2. The molecule has 70 valence electrons. The predicted molar refractivity (Wildman–Crippen MR) is 51.0 cm³/mol. The molecule has 0 aromatic carbocycles. The Balaban J connectivity index is 2.42. The molecule has 0 aromatic rings. The van der Waals surface area contributed by atoms with E-state index in [9.17, 15) is 8.42 Å². The Morgan fingerprint density at radius 2 is 2.23 bits per heavy atom. The fourth-order valence-corrected chi connectivity index (χ4v) is 2.32. The largest absolute Gasteiger partial charge is 0.330 e. The summed E-state index contributed by atoms with van der Waals surface area (Å²) >= 11 is 5.74. The highest BCUT2D eigenvalue weighted by atomic mass is 35.5. The van der Waals surface area contributed by atoms with Crippen molar-refractivity contribution in [2.45, 2.75) is 0 Å². The van der Waals surface area contributed by atoms with E-state index in [0.29, 0.717) is 17.4 Å². The van der Waals surface area contributed by atoms with Crippen LogP contribution in [0.5, 0.6) is 0 Å². The molecular weight excluding hydrogens is 212 g/mol. The number of halogens is 1. The summed E-state index contributed by atoms with van der Waals surface area (Å²) in [4.78, 5) is 1.73. The molecule has 0 bridgehead atoms. The zero-order chi connectivity index (χ0) is 9.47. The van der Waals surface area contributed by atoms with Crippen LogP contribution in [0.4, 0.5) is 0 Å². The van der Waals surface area contributed by atoms with E-state index in [0.717, 1.165) is 0 Å². The van der Waals surface area contributed by atoms with Crippen LogP contribution in [0.25, 0.3) is 0 Å². The third kappa shape index (κ3) is 1.76. The fraction of sp³-hybridized carbons (Fsp3) is 0.286. The first-order chi connectivity index (χ1) is 6.07. The van der Waals surface area contributed by atoms with Crippen molar-refractivity contribution in [3.8, 4) is 0 Å². The van der Waals surface area contributed by atoms with Gasteiger partial charge < -0.3 is 4.90 Å². The summed E-state index contributed by atoms with van der Waals surface area (Å²) in [6, 6.07) is 0. The summed E-state index contributed by atoms with van der Waals surface area (Å²) in [5.41, 5.74) is 0. The number of sulfonamides is 1. The van der Waals surface area contributed by atoms with Gasteiger partial charge in [-0.05, 0) is 12.2 Å². The lowest BCUT2D eigenvalue weighted by atomic mass is 10.3. The topological polar surface area (TPSA) is 49.7 Å². The Bertz CT molecular complexity index is 422. The molecule has 2 heterocycles. The molecule has 0 aliphatic carbocycles. The molecule has 0 fully saturated rings. The van der Waals surface area contributed by atoms with Crippen molar-refractivity contribution in [1.29, 1.82) is 0 Å². The molecular formula is C7H7ClN2O2S. The van der Waals surface area contributed by atoms with Crippen molar-refractivity contribution < 1.29 is 8.42 Å². The second-order valence-corrected chi connectivity index (χ2v) is 4.97. The van der Waals surface area contributed by atoms with Gasteiger partial charge in [0, 0.05) is 12.7 Å². The number of allylic oxidation sites excluding steroid dienone is 2. The lowest BCUT2D eigenvalue weighted by molar-refractivity contribution is 0.548. The summed E-state index contributed by atoms with van der Waals surface area (Å²) in [6.07, 6.45) is 4.89. The van der Waals surface area contributed by atoms with Crippen molar-refractivity contribution in [1.82, 2.24) is 4.90 Å². The van der Waals surface area contributed by atoms with E-state index in [-0.39, 0.29) is 5.75 Å². The van der Waals surface area contributed by atoms with Gasteiger partial charge in [-0.15, -0.1) is 4.40 Å². The van der Waals surface area contributed by atoms with Gasteiger partial charge in [-0.3, -0.25) is 0 Å². The van der Waals surface area contributed by atoms with E-state index in [1.807, 2.05) is 0 Å². The molecule has 0 unspecified atom stereocenters. The monoisotopic (exact) mass is 218 g/mol. The van der Waals surface area contributed by atoms with Gasteiger partial charge in [-0.1, -0.05) is 11.6 Å². The maximum Gasteiger partial charge on any atom is 0.256 e. The second-order valence-electron chi connectivity index (χ2n) is 2.78. The van der Waals surface area contributed by atoms with E-state index in [2.05, 4.69) is 4.40 Å². The number of fused-ring (bicyclic) bond motifs is 1. The SMILES string of the molecule is O=S1(=O)CCN2C=C(Cl)C=CC2=N1. The molecule has 0 atom stereocenters. The van der Waals surface area contributed by atoms with E-state index < -0.39 is 10.0 Å². The van der Waals surface area contributed by atoms with Gasteiger partial charge >= 0.3 is 0 Å². The van der Waals surface area contributed by atoms with Crippen LogP contribution in [0.15, 0.2) is 27.8 Å². The van der Waals surface area contributed by atoms with Crippen molar-refractivity contribution in [3.05, 3.63) is 23.4 Å². The molecule has 0 N–H and O–H groups in total. The normalized spacial score (nSPS) is 24.8. The Kier molecular flexibility index (Phi) is 1.92. The van der Waals surface area contributed by atoms with Gasteiger partial charge in [0.15, 0.2) is 0 Å². The van der Waals surface area contributed by atoms with Gasteiger partial charge in [-0.25, -0.2) is 8.42 Å². The molecule has 2 rings (SSSR count). The predicted octanol–water partition coefficient (Wildman–Crippen LogP) is 0.680. The molecule has 0 radical (unpaired) electrons. The molecule has 6 heteroatoms. The van der Waals surface area contributed by atoms with Gasteiger partial charge in [0.1, 0.15) is 5.84 Å². The number of nitrogens with zero attached hydrogens (tertiary/aromatic N) is 2. The smallest absolute Gasteiger partial charge is 0.256 e. The Morgan fingerprint density at radius 3 is 3.00 bits per heavy atom. The summed E-state index contributed by atoms with van der Waals surface area (Å²) in [5.74, 6) is 0.487. The summed E-state index contributed by atoms with van der Waals surface area (Å²) in [6.45, 7) is 0.418. The molecule has 0 saturated heterocycles. The first-order valence-electron chi connectivity index (χ1n) is 3.71. The van der Waals surface area contributed by atoms with Gasteiger partial charge in [0.2, 0.25) is 0 Å². The van der Waals surface area contributed by atoms with Crippen LogP contribution >= 0.6 is 11.6 Å². The average molecular weight is 219 g/mol. The minimum Gasteiger partial charge on any atom is -0.330 e. The van der Waals surface area contributed by atoms with E-state index >= 15 is 0 Å². The molecule has 4 nitrogen and oxygen atoms in total. The number of hydrogen-bond acceptors (Lipinski definition) is 3. The first kappa shape index (κ1) is 8.77. The fourth-order valence-electron chi connectivity index (χ4n) is 1.17. The van der Waals surface area contributed by atoms with Crippen molar-refractivity contribution >= 4 is 27.5 Å². The van der Waals surface area contributed by atoms with Crippen LogP contribution in [0.3, 0.4) is 0 Å². The average Bonchev–Trinajstić information content (AvgIpc) is 2.05. The van der Waals surface area contributed by atoms with Gasteiger partial charge in [0.25, 0.3) is 10.0 Å². The zero-order valence-electron chi connectivity index (χ0n) is 6.64. The maximum atomic E-state index is 11.1.